The number of nitrogens with zero attached hydrogens (tertiary/aromatic N) is 2. The number of benzene rings is 2. The van der Waals surface area contributed by atoms with Crippen LogP contribution in [-0.2, 0) is 4.79 Å². The molecule has 3 N–H and O–H groups in total. The number of likely N-dealkylation sites (N-methyl/N-ethyl adjacent to an activating group) is 1. The van der Waals surface area contributed by atoms with Crippen LogP contribution >= 0.6 is 23.4 Å². The van der Waals surface area contributed by atoms with E-state index in [0.717, 1.165) is 44.6 Å². The van der Waals surface area contributed by atoms with Crippen LogP contribution in [0.3, 0.4) is 0 Å². The van der Waals surface area contributed by atoms with E-state index in [1.54, 1.807) is 11.0 Å². The standard InChI is InChI=1S/C27H30ClN5O3S/c1-32-13-5-6-16(15-32)30-25(34)24-23-22-21(11-12-29-26(22)37-24)33(27(35)31-23)20-10-9-18(14-19(20)28)36-17-7-3-2-4-8-17/h2-4,7-10,14,16,21-22,26,29H,5-6,11-13,15H2,1H3,(H,30,34)(H,31,35)/t16-,21?,22?,26?/m1/s1. The van der Waals surface area contributed by atoms with E-state index in [0.29, 0.717) is 27.1 Å². The molecular weight excluding hydrogens is 510 g/mol. The van der Waals surface area contributed by atoms with Gasteiger partial charge in [-0.3, -0.25) is 9.69 Å². The molecule has 3 saturated heterocycles. The zero-order valence-corrected chi connectivity index (χ0v) is 22.1. The van der Waals surface area contributed by atoms with Gasteiger partial charge in [0, 0.05) is 30.3 Å². The summed E-state index contributed by atoms with van der Waals surface area (Å²) < 4.78 is 5.92. The second kappa shape index (κ2) is 10.2. The fraction of sp³-hybridized carbons (Fsp3) is 0.407. The maximum Gasteiger partial charge on any atom is 0.326 e. The van der Waals surface area contributed by atoms with Gasteiger partial charge in [0.15, 0.2) is 0 Å². The molecule has 10 heteroatoms. The van der Waals surface area contributed by atoms with Gasteiger partial charge in [-0.15, -0.1) is 0 Å². The fourth-order valence-corrected chi connectivity index (χ4v) is 7.47. The second-order valence-corrected chi connectivity index (χ2v) is 11.6. The summed E-state index contributed by atoms with van der Waals surface area (Å²) in [7, 11) is 2.08. The highest BCUT2D eigenvalue weighted by Crippen LogP contribution is 2.49. The lowest BCUT2D eigenvalue weighted by molar-refractivity contribution is -0.117. The normalized spacial score (nSPS) is 27.5. The molecule has 0 radical (unpaired) electrons. The van der Waals surface area contributed by atoms with Gasteiger partial charge < -0.3 is 25.6 Å². The van der Waals surface area contributed by atoms with Gasteiger partial charge in [0.05, 0.1) is 27.0 Å². The van der Waals surface area contributed by atoms with Crippen molar-refractivity contribution in [2.45, 2.75) is 36.7 Å². The first-order valence-corrected chi connectivity index (χ1v) is 14.0. The number of carbonyl (C=O) groups is 2. The molecule has 37 heavy (non-hydrogen) atoms. The summed E-state index contributed by atoms with van der Waals surface area (Å²) in [5.74, 6) is 1.20. The Hall–Kier alpha value is -2.72. The average molecular weight is 540 g/mol. The SMILES string of the molecule is CN1CCC[C@@H](NC(=O)C2=C3NC(=O)N(c4ccc(Oc5ccccc5)cc4Cl)C4CCNC(S2)C34)C1. The number of carbonyl (C=O) groups excluding carboxylic acids is 2. The minimum atomic E-state index is -0.263. The predicted octanol–water partition coefficient (Wildman–Crippen LogP) is 4.13. The number of piperidine rings is 2. The Balaban J connectivity index is 1.24. The minimum Gasteiger partial charge on any atom is -0.457 e. The maximum absolute atomic E-state index is 13.5. The lowest BCUT2D eigenvalue weighted by Gasteiger charge is -2.46. The number of rotatable bonds is 5. The molecule has 3 unspecified atom stereocenters. The minimum absolute atomic E-state index is 0.0195. The monoisotopic (exact) mass is 539 g/mol. The Kier molecular flexibility index (Phi) is 6.79. The maximum atomic E-state index is 13.5. The topological polar surface area (TPSA) is 85.9 Å². The zero-order valence-electron chi connectivity index (χ0n) is 20.6. The van der Waals surface area contributed by atoms with Gasteiger partial charge in [0.1, 0.15) is 11.5 Å². The highest BCUT2D eigenvalue weighted by Gasteiger charge is 2.52. The van der Waals surface area contributed by atoms with Crippen molar-refractivity contribution in [1.29, 1.82) is 0 Å². The van der Waals surface area contributed by atoms with Crippen molar-refractivity contribution >= 4 is 41.0 Å². The van der Waals surface area contributed by atoms with Crippen molar-refractivity contribution in [3.63, 3.8) is 0 Å². The summed E-state index contributed by atoms with van der Waals surface area (Å²) in [5, 5.41) is 10.3. The number of hydrogen-bond acceptors (Lipinski definition) is 6. The van der Waals surface area contributed by atoms with Gasteiger partial charge in [-0.25, -0.2) is 4.79 Å². The van der Waals surface area contributed by atoms with Crippen molar-refractivity contribution in [2.75, 3.05) is 31.6 Å². The van der Waals surface area contributed by atoms with E-state index >= 15 is 0 Å². The third-order valence-corrected chi connectivity index (χ3v) is 9.12. The molecular formula is C27H30ClN5O3S. The summed E-state index contributed by atoms with van der Waals surface area (Å²) in [5.41, 5.74) is 1.37. The molecule has 4 aliphatic rings. The number of anilines is 1. The molecule has 8 nitrogen and oxygen atoms in total. The number of ether oxygens (including phenoxy) is 1. The summed E-state index contributed by atoms with van der Waals surface area (Å²) in [4.78, 5) is 31.4. The van der Waals surface area contributed by atoms with Crippen LogP contribution in [0.15, 0.2) is 59.1 Å². The Labute approximate surface area is 225 Å². The van der Waals surface area contributed by atoms with Gasteiger partial charge in [0.25, 0.3) is 5.91 Å². The predicted molar refractivity (Wildman–Crippen MR) is 146 cm³/mol. The molecule has 0 aliphatic carbocycles. The molecule has 3 fully saturated rings. The highest BCUT2D eigenvalue weighted by atomic mass is 35.5. The van der Waals surface area contributed by atoms with Crippen LogP contribution < -0.4 is 25.6 Å². The fourth-order valence-electron chi connectivity index (χ4n) is 5.81. The van der Waals surface area contributed by atoms with Crippen molar-refractivity contribution in [3.8, 4) is 11.5 Å². The summed E-state index contributed by atoms with van der Waals surface area (Å²) in [6.07, 6.45) is 2.80. The Morgan fingerprint density at radius 3 is 2.78 bits per heavy atom. The number of para-hydroxylation sites is 1. The Morgan fingerprint density at radius 1 is 1.16 bits per heavy atom. The van der Waals surface area contributed by atoms with Crippen molar-refractivity contribution in [3.05, 3.63) is 64.2 Å². The van der Waals surface area contributed by atoms with Gasteiger partial charge >= 0.3 is 6.03 Å². The molecule has 0 spiro atoms. The first kappa shape index (κ1) is 24.6. The molecule has 2 aromatic rings. The molecule has 3 amide bonds. The number of hydrogen-bond donors (Lipinski definition) is 3. The van der Waals surface area contributed by atoms with Gasteiger partial charge in [-0.1, -0.05) is 41.6 Å². The van der Waals surface area contributed by atoms with E-state index in [1.165, 1.54) is 11.8 Å². The van der Waals surface area contributed by atoms with Crippen molar-refractivity contribution in [1.82, 2.24) is 20.9 Å². The van der Waals surface area contributed by atoms with E-state index < -0.39 is 0 Å². The van der Waals surface area contributed by atoms with Crippen LogP contribution in [0.5, 0.6) is 11.5 Å². The van der Waals surface area contributed by atoms with Crippen LogP contribution in [0.4, 0.5) is 10.5 Å². The molecule has 2 aromatic carbocycles. The second-order valence-electron chi connectivity index (χ2n) is 10.0. The van der Waals surface area contributed by atoms with Crippen LogP contribution in [0.1, 0.15) is 19.3 Å². The van der Waals surface area contributed by atoms with E-state index in [-0.39, 0.29) is 35.3 Å². The number of nitrogens with one attached hydrogen (secondary N) is 3. The lowest BCUT2D eigenvalue weighted by atomic mass is 9.86. The van der Waals surface area contributed by atoms with Crippen LogP contribution in [-0.4, -0.2) is 61.0 Å². The molecule has 194 valence electrons. The highest BCUT2D eigenvalue weighted by molar-refractivity contribution is 8.04. The zero-order chi connectivity index (χ0) is 25.5. The molecule has 4 heterocycles. The molecule has 0 bridgehead atoms. The Bertz CT molecular complexity index is 1240. The van der Waals surface area contributed by atoms with Crippen LogP contribution in [0.25, 0.3) is 0 Å². The summed E-state index contributed by atoms with van der Waals surface area (Å²) in [6, 6.07) is 14.7. The van der Waals surface area contributed by atoms with E-state index in [1.807, 2.05) is 42.5 Å². The molecule has 4 aliphatic heterocycles. The number of thioether (sulfide) groups is 1. The van der Waals surface area contributed by atoms with E-state index in [4.69, 9.17) is 16.3 Å². The van der Waals surface area contributed by atoms with E-state index in [2.05, 4.69) is 27.9 Å². The number of urea groups is 1. The first-order chi connectivity index (χ1) is 18.0. The molecule has 4 atom stereocenters. The third-order valence-electron chi connectivity index (χ3n) is 7.46. The summed E-state index contributed by atoms with van der Waals surface area (Å²) in [6.45, 7) is 2.65. The largest absolute Gasteiger partial charge is 0.457 e. The smallest absolute Gasteiger partial charge is 0.326 e. The van der Waals surface area contributed by atoms with Gasteiger partial charge in [0.2, 0.25) is 0 Å². The molecule has 0 aromatic heterocycles. The number of amides is 3. The average Bonchev–Trinajstić information content (AvgIpc) is 3.25. The third kappa shape index (κ3) is 4.81. The Morgan fingerprint density at radius 2 is 2.00 bits per heavy atom. The molecule has 6 rings (SSSR count). The lowest BCUT2D eigenvalue weighted by Crippen LogP contribution is -2.62. The van der Waals surface area contributed by atoms with Crippen molar-refractivity contribution < 1.29 is 14.3 Å². The van der Waals surface area contributed by atoms with Gasteiger partial charge in [-0.05, 0) is 63.7 Å². The van der Waals surface area contributed by atoms with Crippen LogP contribution in [0.2, 0.25) is 5.02 Å². The molecule has 0 saturated carbocycles. The summed E-state index contributed by atoms with van der Waals surface area (Å²) >= 11 is 8.23. The first-order valence-electron chi connectivity index (χ1n) is 12.7. The van der Waals surface area contributed by atoms with E-state index in [9.17, 15) is 9.59 Å². The van der Waals surface area contributed by atoms with Crippen molar-refractivity contribution in [2.24, 2.45) is 5.92 Å². The quantitative estimate of drug-likeness (QED) is 0.529. The number of likely N-dealkylation sites (tertiary alicyclic amines) is 1. The van der Waals surface area contributed by atoms with Gasteiger partial charge in [-0.2, -0.15) is 0 Å². The van der Waals surface area contributed by atoms with Crippen LogP contribution in [0, 0.1) is 5.92 Å². The number of halogens is 1.